The third-order valence-electron chi connectivity index (χ3n) is 3.47. The van der Waals surface area contributed by atoms with Gasteiger partial charge in [0, 0.05) is 30.2 Å². The number of hydrogen-bond donors (Lipinski definition) is 1. The third kappa shape index (κ3) is 4.66. The second-order valence-electron chi connectivity index (χ2n) is 5.25. The molecule has 0 atom stereocenters. The van der Waals surface area contributed by atoms with Crippen LogP contribution in [0.4, 0.5) is 0 Å². The number of hydrogen-bond acceptors (Lipinski definition) is 5. The zero-order chi connectivity index (χ0) is 16.6. The fourth-order valence-electron chi connectivity index (χ4n) is 2.20. The Bertz CT molecular complexity index is 790. The monoisotopic (exact) mass is 335 g/mol. The van der Waals surface area contributed by atoms with Gasteiger partial charge in [-0.25, -0.2) is 4.98 Å². The summed E-state index contributed by atoms with van der Waals surface area (Å²) in [5.74, 6) is 1.21. The Hall–Kier alpha value is -2.68. The van der Waals surface area contributed by atoms with E-state index in [9.17, 15) is 0 Å². The van der Waals surface area contributed by atoms with E-state index >= 15 is 0 Å². The molecule has 1 aromatic carbocycles. The van der Waals surface area contributed by atoms with Crippen LogP contribution in [0.15, 0.2) is 60.1 Å². The lowest BCUT2D eigenvalue weighted by molar-refractivity contribution is 0.462. The maximum Gasteiger partial charge on any atom is 0.219 e. The summed E-state index contributed by atoms with van der Waals surface area (Å²) in [5, 5.41) is 14.3. The van der Waals surface area contributed by atoms with E-state index < -0.39 is 0 Å². The lowest BCUT2D eigenvalue weighted by Gasteiger charge is -2.07. The van der Waals surface area contributed by atoms with Crippen LogP contribution < -0.4 is 10.1 Å². The van der Waals surface area contributed by atoms with E-state index in [0.717, 1.165) is 25.3 Å². The quantitative estimate of drug-likeness (QED) is 0.659. The zero-order valence-electron chi connectivity index (χ0n) is 13.1. The second-order valence-corrected chi connectivity index (χ2v) is 6.28. The fraction of sp³-hybridized carbons (Fsp3) is 0.158. The minimum atomic E-state index is 0.482. The number of benzene rings is 1. The van der Waals surface area contributed by atoms with Gasteiger partial charge in [-0.15, -0.1) is 11.3 Å². The van der Waals surface area contributed by atoms with E-state index in [1.165, 1.54) is 16.6 Å². The van der Waals surface area contributed by atoms with Crippen LogP contribution in [0.25, 0.3) is 0 Å². The average Bonchev–Trinajstić information content (AvgIpc) is 3.14. The highest BCUT2D eigenvalue weighted by atomic mass is 32.1. The van der Waals surface area contributed by atoms with Crippen molar-refractivity contribution in [1.29, 1.82) is 5.26 Å². The molecule has 0 amide bonds. The first-order valence-electron chi connectivity index (χ1n) is 7.69. The van der Waals surface area contributed by atoms with Crippen LogP contribution >= 0.6 is 11.3 Å². The van der Waals surface area contributed by atoms with Crippen LogP contribution in [0.3, 0.4) is 0 Å². The molecule has 1 N–H and O–H groups in total. The van der Waals surface area contributed by atoms with Crippen LogP contribution in [0.2, 0.25) is 0 Å². The maximum atomic E-state index is 8.75. The summed E-state index contributed by atoms with van der Waals surface area (Å²) in [4.78, 5) is 5.50. The summed E-state index contributed by atoms with van der Waals surface area (Å²) < 4.78 is 5.67. The first-order valence-corrected chi connectivity index (χ1v) is 8.57. The van der Waals surface area contributed by atoms with Crippen LogP contribution in [-0.4, -0.2) is 11.5 Å². The van der Waals surface area contributed by atoms with Gasteiger partial charge >= 0.3 is 0 Å². The molecule has 0 radical (unpaired) electrons. The SMILES string of the molecule is N#Cc1ccc(Oc2ccc(CNCCc3cccs3)cc2)nc1. The number of nitrogens with zero attached hydrogens (tertiary/aromatic N) is 2. The predicted molar refractivity (Wildman–Crippen MR) is 95.2 cm³/mol. The standard InChI is InChI=1S/C19H17N3OS/c20-12-16-5-8-19(22-14-16)23-17-6-3-15(4-7-17)13-21-10-9-18-2-1-11-24-18/h1-8,11,14,21H,9-10,13H2. The van der Waals surface area contributed by atoms with Crippen molar-refractivity contribution in [2.45, 2.75) is 13.0 Å². The normalized spacial score (nSPS) is 10.3. The Balaban J connectivity index is 1.46. The fourth-order valence-corrected chi connectivity index (χ4v) is 2.91. The summed E-state index contributed by atoms with van der Waals surface area (Å²) in [6.07, 6.45) is 2.56. The van der Waals surface area contributed by atoms with E-state index in [1.54, 1.807) is 23.5 Å². The van der Waals surface area contributed by atoms with E-state index in [-0.39, 0.29) is 0 Å². The van der Waals surface area contributed by atoms with Gasteiger partial charge in [0.25, 0.3) is 0 Å². The number of ether oxygens (including phenoxy) is 1. The lowest BCUT2D eigenvalue weighted by atomic mass is 10.2. The molecular weight excluding hydrogens is 318 g/mol. The molecule has 2 heterocycles. The van der Waals surface area contributed by atoms with Crippen molar-refractivity contribution in [3.63, 3.8) is 0 Å². The van der Waals surface area contributed by atoms with Crippen molar-refractivity contribution in [2.75, 3.05) is 6.54 Å². The van der Waals surface area contributed by atoms with Crippen LogP contribution in [0, 0.1) is 11.3 Å². The molecule has 0 aliphatic heterocycles. The highest BCUT2D eigenvalue weighted by Gasteiger charge is 2.00. The van der Waals surface area contributed by atoms with Gasteiger partial charge in [-0.3, -0.25) is 0 Å². The van der Waals surface area contributed by atoms with Gasteiger partial charge in [0.05, 0.1) is 5.56 Å². The Labute approximate surface area is 145 Å². The van der Waals surface area contributed by atoms with Crippen molar-refractivity contribution >= 4 is 11.3 Å². The summed E-state index contributed by atoms with van der Waals surface area (Å²) in [7, 11) is 0. The van der Waals surface area contributed by atoms with E-state index in [0.29, 0.717) is 11.4 Å². The van der Waals surface area contributed by atoms with Crippen molar-refractivity contribution < 1.29 is 4.74 Å². The van der Waals surface area contributed by atoms with Gasteiger partial charge in [0.2, 0.25) is 5.88 Å². The number of nitriles is 1. The van der Waals surface area contributed by atoms with Crippen LogP contribution in [0.1, 0.15) is 16.0 Å². The largest absolute Gasteiger partial charge is 0.439 e. The Morgan fingerprint density at radius 2 is 2.00 bits per heavy atom. The number of pyridine rings is 1. The first-order chi connectivity index (χ1) is 11.8. The molecule has 3 aromatic rings. The molecule has 0 aliphatic carbocycles. The molecule has 0 saturated carbocycles. The van der Waals surface area contributed by atoms with Crippen molar-refractivity contribution in [1.82, 2.24) is 10.3 Å². The van der Waals surface area contributed by atoms with Gasteiger partial charge in [-0.2, -0.15) is 5.26 Å². The molecular formula is C19H17N3OS. The minimum Gasteiger partial charge on any atom is -0.439 e. The van der Waals surface area contributed by atoms with Crippen LogP contribution in [-0.2, 0) is 13.0 Å². The molecule has 0 bridgehead atoms. The van der Waals surface area contributed by atoms with E-state index in [2.05, 4.69) is 27.8 Å². The zero-order valence-corrected chi connectivity index (χ0v) is 13.9. The molecule has 2 aromatic heterocycles. The Morgan fingerprint density at radius 1 is 1.12 bits per heavy atom. The van der Waals surface area contributed by atoms with Crippen LogP contribution in [0.5, 0.6) is 11.6 Å². The molecule has 0 aliphatic rings. The predicted octanol–water partition coefficient (Wildman–Crippen LogP) is 4.14. The Kier molecular flexibility index (Phi) is 5.56. The second kappa shape index (κ2) is 8.25. The highest BCUT2D eigenvalue weighted by molar-refractivity contribution is 7.09. The summed E-state index contributed by atoms with van der Waals surface area (Å²) in [6, 6.07) is 17.6. The molecule has 0 fully saturated rings. The Morgan fingerprint density at radius 3 is 2.67 bits per heavy atom. The molecule has 0 spiro atoms. The molecule has 24 heavy (non-hydrogen) atoms. The van der Waals surface area contributed by atoms with Crippen molar-refractivity contribution in [3.05, 3.63) is 76.1 Å². The smallest absolute Gasteiger partial charge is 0.219 e. The first kappa shape index (κ1) is 16.2. The molecule has 5 heteroatoms. The maximum absolute atomic E-state index is 8.75. The topological polar surface area (TPSA) is 57.9 Å². The lowest BCUT2D eigenvalue weighted by Crippen LogP contribution is -2.16. The molecule has 3 rings (SSSR count). The van der Waals surface area contributed by atoms with E-state index in [4.69, 9.17) is 10.00 Å². The molecule has 120 valence electrons. The number of rotatable bonds is 7. The van der Waals surface area contributed by atoms with Gasteiger partial charge < -0.3 is 10.1 Å². The highest BCUT2D eigenvalue weighted by Crippen LogP contribution is 2.19. The van der Waals surface area contributed by atoms with Crippen molar-refractivity contribution in [2.24, 2.45) is 0 Å². The molecule has 0 saturated heterocycles. The van der Waals surface area contributed by atoms with Gasteiger partial charge in [0.1, 0.15) is 11.8 Å². The number of aromatic nitrogens is 1. The summed E-state index contributed by atoms with van der Waals surface area (Å²) in [5.41, 5.74) is 1.73. The van der Waals surface area contributed by atoms with E-state index in [1.807, 2.05) is 30.3 Å². The van der Waals surface area contributed by atoms with Gasteiger partial charge in [0.15, 0.2) is 0 Å². The minimum absolute atomic E-state index is 0.482. The third-order valence-corrected chi connectivity index (χ3v) is 4.40. The van der Waals surface area contributed by atoms with Crippen molar-refractivity contribution in [3.8, 4) is 17.7 Å². The summed E-state index contributed by atoms with van der Waals surface area (Å²) in [6.45, 7) is 1.80. The number of nitrogens with one attached hydrogen (secondary N) is 1. The molecule has 0 unspecified atom stereocenters. The number of thiophene rings is 1. The molecule has 4 nitrogen and oxygen atoms in total. The average molecular weight is 335 g/mol. The van der Waals surface area contributed by atoms with Gasteiger partial charge in [-0.1, -0.05) is 18.2 Å². The summed E-state index contributed by atoms with van der Waals surface area (Å²) >= 11 is 1.79. The van der Waals surface area contributed by atoms with Gasteiger partial charge in [-0.05, 0) is 41.6 Å².